The van der Waals surface area contributed by atoms with Crippen molar-refractivity contribution in [3.05, 3.63) is 96.6 Å². The average molecular weight is 357 g/mol. The first-order chi connectivity index (χ1) is 13.2. The van der Waals surface area contributed by atoms with Gasteiger partial charge in [-0.1, -0.05) is 48.5 Å². The van der Waals surface area contributed by atoms with Gasteiger partial charge >= 0.3 is 0 Å². The Morgan fingerprint density at radius 1 is 1.04 bits per heavy atom. The molecule has 2 aromatic heterocycles. The number of benzene rings is 2. The molecule has 0 aliphatic heterocycles. The second kappa shape index (κ2) is 7.33. The van der Waals surface area contributed by atoms with Crippen molar-refractivity contribution in [2.45, 2.75) is 6.54 Å². The Morgan fingerprint density at radius 2 is 1.74 bits per heavy atom. The first kappa shape index (κ1) is 16.8. The van der Waals surface area contributed by atoms with E-state index in [1.165, 1.54) is 12.5 Å². The lowest BCUT2D eigenvalue weighted by Crippen LogP contribution is -2.25. The number of aromatic nitrogens is 2. The van der Waals surface area contributed by atoms with Crippen LogP contribution in [-0.2, 0) is 6.54 Å². The number of hydrogen-bond donors (Lipinski definition) is 0. The fourth-order valence-electron chi connectivity index (χ4n) is 3.01. The minimum Gasteiger partial charge on any atom is -0.472 e. The normalized spacial score (nSPS) is 10.7. The number of nitrogens with zero attached hydrogens (tertiary/aromatic N) is 3. The van der Waals surface area contributed by atoms with E-state index in [1.807, 2.05) is 71.5 Å². The molecular formula is C22H19N3O2. The van der Waals surface area contributed by atoms with Crippen LogP contribution < -0.4 is 0 Å². The van der Waals surface area contributed by atoms with E-state index < -0.39 is 0 Å². The minimum atomic E-state index is -0.0878. The molecule has 4 rings (SSSR count). The van der Waals surface area contributed by atoms with E-state index in [0.717, 1.165) is 22.5 Å². The molecule has 2 aromatic carbocycles. The summed E-state index contributed by atoms with van der Waals surface area (Å²) < 4.78 is 6.88. The Hall–Kier alpha value is -3.60. The van der Waals surface area contributed by atoms with Crippen LogP contribution in [0.5, 0.6) is 0 Å². The largest absolute Gasteiger partial charge is 0.472 e. The molecule has 0 aliphatic rings. The van der Waals surface area contributed by atoms with Gasteiger partial charge in [-0.2, -0.15) is 5.10 Å². The van der Waals surface area contributed by atoms with Crippen molar-refractivity contribution in [3.8, 4) is 16.9 Å². The maximum atomic E-state index is 12.6. The number of para-hydroxylation sites is 1. The molecule has 0 radical (unpaired) electrons. The van der Waals surface area contributed by atoms with Gasteiger partial charge in [0.2, 0.25) is 0 Å². The average Bonchev–Trinajstić information content (AvgIpc) is 3.39. The standard InChI is InChI=1S/C22H19N3O2/c1-24(22(26)18-12-13-27-16-18)14-19-15-25(20-10-6-3-7-11-20)23-21(19)17-8-4-2-5-9-17/h2-13,15-16H,14H2,1H3. The Kier molecular flexibility index (Phi) is 4.58. The van der Waals surface area contributed by atoms with Gasteiger partial charge in [-0.25, -0.2) is 4.68 Å². The second-order valence-electron chi connectivity index (χ2n) is 6.32. The van der Waals surface area contributed by atoms with Crippen molar-refractivity contribution in [2.75, 3.05) is 7.05 Å². The minimum absolute atomic E-state index is 0.0878. The van der Waals surface area contributed by atoms with Crippen molar-refractivity contribution < 1.29 is 9.21 Å². The first-order valence-corrected chi connectivity index (χ1v) is 8.69. The molecule has 5 nitrogen and oxygen atoms in total. The molecule has 0 atom stereocenters. The third-order valence-electron chi connectivity index (χ3n) is 4.38. The third-order valence-corrected chi connectivity index (χ3v) is 4.38. The maximum absolute atomic E-state index is 12.6. The van der Waals surface area contributed by atoms with Crippen molar-refractivity contribution in [3.63, 3.8) is 0 Å². The van der Waals surface area contributed by atoms with E-state index in [9.17, 15) is 4.79 Å². The summed E-state index contributed by atoms with van der Waals surface area (Å²) in [5.74, 6) is -0.0878. The molecule has 2 heterocycles. The van der Waals surface area contributed by atoms with Gasteiger partial charge in [-0.3, -0.25) is 4.79 Å². The quantitative estimate of drug-likeness (QED) is 0.532. The molecule has 0 bridgehead atoms. The predicted octanol–water partition coefficient (Wildman–Crippen LogP) is 4.40. The van der Waals surface area contributed by atoms with Gasteiger partial charge in [-0.05, 0) is 18.2 Å². The van der Waals surface area contributed by atoms with Crippen LogP contribution >= 0.6 is 0 Å². The van der Waals surface area contributed by atoms with E-state index >= 15 is 0 Å². The smallest absolute Gasteiger partial charge is 0.257 e. The Bertz CT molecular complexity index is 1020. The van der Waals surface area contributed by atoms with E-state index in [4.69, 9.17) is 9.52 Å². The molecule has 0 N–H and O–H groups in total. The fraction of sp³-hybridized carbons (Fsp3) is 0.0909. The summed E-state index contributed by atoms with van der Waals surface area (Å²) in [5, 5.41) is 4.79. The van der Waals surface area contributed by atoms with Gasteiger partial charge in [0, 0.05) is 30.9 Å². The van der Waals surface area contributed by atoms with Gasteiger partial charge in [0.25, 0.3) is 5.91 Å². The zero-order valence-corrected chi connectivity index (χ0v) is 14.9. The van der Waals surface area contributed by atoms with E-state index in [-0.39, 0.29) is 5.91 Å². The highest BCUT2D eigenvalue weighted by molar-refractivity contribution is 5.93. The number of amides is 1. The van der Waals surface area contributed by atoms with Crippen molar-refractivity contribution in [2.24, 2.45) is 0 Å². The summed E-state index contributed by atoms with van der Waals surface area (Å²) in [4.78, 5) is 14.2. The van der Waals surface area contributed by atoms with E-state index in [0.29, 0.717) is 12.1 Å². The van der Waals surface area contributed by atoms with Gasteiger partial charge in [0.05, 0.1) is 23.2 Å². The lowest BCUT2D eigenvalue weighted by Gasteiger charge is -2.16. The molecule has 0 saturated heterocycles. The molecule has 27 heavy (non-hydrogen) atoms. The van der Waals surface area contributed by atoms with Crippen molar-refractivity contribution in [1.29, 1.82) is 0 Å². The second-order valence-corrected chi connectivity index (χ2v) is 6.32. The molecular weight excluding hydrogens is 338 g/mol. The molecule has 4 aromatic rings. The van der Waals surface area contributed by atoms with E-state index in [2.05, 4.69) is 0 Å². The van der Waals surface area contributed by atoms with Gasteiger partial charge < -0.3 is 9.32 Å². The third kappa shape index (κ3) is 3.53. The van der Waals surface area contributed by atoms with Crippen LogP contribution in [0, 0.1) is 0 Å². The van der Waals surface area contributed by atoms with E-state index in [1.54, 1.807) is 18.0 Å². The molecule has 0 spiro atoms. The highest BCUT2D eigenvalue weighted by atomic mass is 16.3. The SMILES string of the molecule is CN(Cc1cn(-c2ccccc2)nc1-c1ccccc1)C(=O)c1ccoc1. The van der Waals surface area contributed by atoms with Gasteiger partial charge in [0.15, 0.2) is 0 Å². The molecule has 1 amide bonds. The van der Waals surface area contributed by atoms with Gasteiger partial charge in [0.1, 0.15) is 6.26 Å². The topological polar surface area (TPSA) is 51.3 Å². The fourth-order valence-corrected chi connectivity index (χ4v) is 3.01. The molecule has 0 fully saturated rings. The summed E-state index contributed by atoms with van der Waals surface area (Å²) in [6.45, 7) is 0.446. The number of hydrogen-bond acceptors (Lipinski definition) is 3. The molecule has 0 aliphatic carbocycles. The summed E-state index contributed by atoms with van der Waals surface area (Å²) in [7, 11) is 1.78. The summed E-state index contributed by atoms with van der Waals surface area (Å²) in [5.41, 5.74) is 4.38. The van der Waals surface area contributed by atoms with Crippen LogP contribution in [0.4, 0.5) is 0 Å². The highest BCUT2D eigenvalue weighted by Gasteiger charge is 2.18. The molecule has 0 unspecified atom stereocenters. The number of carbonyl (C=O) groups excluding carboxylic acids is 1. The maximum Gasteiger partial charge on any atom is 0.257 e. The lowest BCUT2D eigenvalue weighted by molar-refractivity contribution is 0.0784. The van der Waals surface area contributed by atoms with Crippen LogP contribution in [0.2, 0.25) is 0 Å². The van der Waals surface area contributed by atoms with Crippen LogP contribution in [0.25, 0.3) is 16.9 Å². The van der Waals surface area contributed by atoms with Crippen LogP contribution in [0.15, 0.2) is 89.9 Å². The molecule has 134 valence electrons. The van der Waals surface area contributed by atoms with Crippen LogP contribution in [0.1, 0.15) is 15.9 Å². The van der Waals surface area contributed by atoms with Gasteiger partial charge in [-0.15, -0.1) is 0 Å². The summed E-state index contributed by atoms with van der Waals surface area (Å²) in [6, 6.07) is 21.6. The Labute approximate surface area is 157 Å². The zero-order valence-electron chi connectivity index (χ0n) is 14.9. The molecule has 0 saturated carbocycles. The lowest BCUT2D eigenvalue weighted by atomic mass is 10.1. The summed E-state index contributed by atoms with van der Waals surface area (Å²) in [6.07, 6.45) is 4.95. The highest BCUT2D eigenvalue weighted by Crippen LogP contribution is 2.25. The zero-order chi connectivity index (χ0) is 18.6. The van der Waals surface area contributed by atoms with Crippen LogP contribution in [-0.4, -0.2) is 27.6 Å². The van der Waals surface area contributed by atoms with Crippen molar-refractivity contribution in [1.82, 2.24) is 14.7 Å². The Balaban J connectivity index is 1.70. The number of furan rings is 1. The monoisotopic (exact) mass is 357 g/mol. The first-order valence-electron chi connectivity index (χ1n) is 8.69. The number of carbonyl (C=O) groups is 1. The van der Waals surface area contributed by atoms with Crippen molar-refractivity contribution >= 4 is 5.91 Å². The predicted molar refractivity (Wildman–Crippen MR) is 104 cm³/mol. The van der Waals surface area contributed by atoms with Crippen LogP contribution in [0.3, 0.4) is 0 Å². The Morgan fingerprint density at radius 3 is 2.41 bits per heavy atom. The summed E-state index contributed by atoms with van der Waals surface area (Å²) >= 11 is 0. The molecule has 5 heteroatoms. The number of rotatable bonds is 5.